The first-order valence-electron chi connectivity index (χ1n) is 5.51. The third-order valence-electron chi connectivity index (χ3n) is 2.53. The standard InChI is InChI=1S/C12H12N4O3/c1-7-5-3-4-6-9(7)19-11-10(16(17)18)8(2)14-12(13)15-11/h3-6H,1-2H3,(H2,13,14,15). The molecular weight excluding hydrogens is 248 g/mol. The number of para-hydroxylation sites is 1. The van der Waals surface area contributed by atoms with Gasteiger partial charge in [-0.3, -0.25) is 10.1 Å². The van der Waals surface area contributed by atoms with E-state index in [9.17, 15) is 10.1 Å². The molecule has 0 fully saturated rings. The molecule has 19 heavy (non-hydrogen) atoms. The Morgan fingerprint density at radius 2 is 1.95 bits per heavy atom. The molecule has 1 aromatic carbocycles. The van der Waals surface area contributed by atoms with Gasteiger partial charge in [-0.05, 0) is 25.5 Å². The lowest BCUT2D eigenvalue weighted by Gasteiger charge is -2.09. The zero-order valence-electron chi connectivity index (χ0n) is 10.5. The fraction of sp³-hybridized carbons (Fsp3) is 0.167. The highest BCUT2D eigenvalue weighted by atomic mass is 16.6. The van der Waals surface area contributed by atoms with Crippen molar-refractivity contribution >= 4 is 11.6 Å². The average Bonchev–Trinajstić information content (AvgIpc) is 2.30. The quantitative estimate of drug-likeness (QED) is 0.671. The van der Waals surface area contributed by atoms with Gasteiger partial charge in [-0.2, -0.15) is 4.98 Å². The van der Waals surface area contributed by atoms with E-state index in [2.05, 4.69) is 9.97 Å². The van der Waals surface area contributed by atoms with Crippen molar-refractivity contribution in [2.24, 2.45) is 0 Å². The molecule has 1 heterocycles. The minimum absolute atomic E-state index is 0.0633. The predicted molar refractivity (Wildman–Crippen MR) is 69.1 cm³/mol. The molecule has 0 atom stereocenters. The molecule has 0 spiro atoms. The van der Waals surface area contributed by atoms with Gasteiger partial charge in [0.1, 0.15) is 11.4 Å². The first-order valence-corrected chi connectivity index (χ1v) is 5.51. The number of hydrogen-bond donors (Lipinski definition) is 1. The lowest BCUT2D eigenvalue weighted by Crippen LogP contribution is -2.05. The first kappa shape index (κ1) is 12.7. The second-order valence-corrected chi connectivity index (χ2v) is 3.95. The van der Waals surface area contributed by atoms with Gasteiger partial charge in [-0.1, -0.05) is 18.2 Å². The predicted octanol–water partition coefficient (Wildman–Crippen LogP) is 2.38. The summed E-state index contributed by atoms with van der Waals surface area (Å²) in [5.74, 6) is 0.277. The molecule has 0 bridgehead atoms. The van der Waals surface area contributed by atoms with Crippen LogP contribution in [0.1, 0.15) is 11.3 Å². The molecule has 0 amide bonds. The van der Waals surface area contributed by atoms with E-state index in [1.54, 1.807) is 12.1 Å². The summed E-state index contributed by atoms with van der Waals surface area (Å²) in [6.07, 6.45) is 0. The molecule has 2 aromatic rings. The Morgan fingerprint density at radius 3 is 2.58 bits per heavy atom. The number of hydrogen-bond acceptors (Lipinski definition) is 6. The molecule has 1 aromatic heterocycles. The van der Waals surface area contributed by atoms with Gasteiger partial charge in [-0.25, -0.2) is 4.98 Å². The number of aromatic nitrogens is 2. The molecule has 2 rings (SSSR count). The fourth-order valence-corrected chi connectivity index (χ4v) is 1.62. The van der Waals surface area contributed by atoms with E-state index in [0.29, 0.717) is 5.75 Å². The van der Waals surface area contributed by atoms with Crippen molar-refractivity contribution in [3.05, 3.63) is 45.6 Å². The van der Waals surface area contributed by atoms with Gasteiger partial charge >= 0.3 is 11.6 Å². The average molecular weight is 260 g/mol. The Labute approximate surface area is 109 Å². The van der Waals surface area contributed by atoms with Crippen molar-refractivity contribution in [2.45, 2.75) is 13.8 Å². The maximum absolute atomic E-state index is 11.0. The van der Waals surface area contributed by atoms with Gasteiger partial charge < -0.3 is 10.5 Å². The maximum atomic E-state index is 11.0. The summed E-state index contributed by atoms with van der Waals surface area (Å²) in [6.45, 7) is 3.32. The van der Waals surface area contributed by atoms with Crippen molar-refractivity contribution in [3.63, 3.8) is 0 Å². The van der Waals surface area contributed by atoms with Crippen molar-refractivity contribution in [1.29, 1.82) is 0 Å². The molecule has 0 aliphatic carbocycles. The number of ether oxygens (including phenoxy) is 1. The minimum Gasteiger partial charge on any atom is -0.433 e. The fourth-order valence-electron chi connectivity index (χ4n) is 1.62. The van der Waals surface area contributed by atoms with Crippen LogP contribution in [0.15, 0.2) is 24.3 Å². The Hall–Kier alpha value is -2.70. The topological polar surface area (TPSA) is 104 Å². The van der Waals surface area contributed by atoms with Gasteiger partial charge in [0.05, 0.1) is 4.92 Å². The monoisotopic (exact) mass is 260 g/mol. The van der Waals surface area contributed by atoms with Crippen LogP contribution >= 0.6 is 0 Å². The lowest BCUT2D eigenvalue weighted by molar-refractivity contribution is -0.386. The number of nitrogens with zero attached hydrogens (tertiary/aromatic N) is 3. The van der Waals surface area contributed by atoms with Crippen LogP contribution < -0.4 is 10.5 Å². The largest absolute Gasteiger partial charge is 0.433 e. The van der Waals surface area contributed by atoms with Crippen LogP contribution in [0.2, 0.25) is 0 Å². The number of rotatable bonds is 3. The van der Waals surface area contributed by atoms with Crippen molar-refractivity contribution in [2.75, 3.05) is 5.73 Å². The summed E-state index contributed by atoms with van der Waals surface area (Å²) < 4.78 is 5.49. The van der Waals surface area contributed by atoms with E-state index >= 15 is 0 Å². The highest BCUT2D eigenvalue weighted by molar-refractivity contribution is 5.50. The van der Waals surface area contributed by atoms with Crippen LogP contribution in [0.3, 0.4) is 0 Å². The van der Waals surface area contributed by atoms with Crippen molar-refractivity contribution in [1.82, 2.24) is 9.97 Å². The van der Waals surface area contributed by atoms with E-state index in [4.69, 9.17) is 10.5 Å². The van der Waals surface area contributed by atoms with Crippen LogP contribution in [0.4, 0.5) is 11.6 Å². The molecular formula is C12H12N4O3. The van der Waals surface area contributed by atoms with Gasteiger partial charge in [0, 0.05) is 0 Å². The highest BCUT2D eigenvalue weighted by Gasteiger charge is 2.23. The van der Waals surface area contributed by atoms with Crippen molar-refractivity contribution in [3.8, 4) is 11.6 Å². The summed E-state index contributed by atoms with van der Waals surface area (Å²) in [5, 5.41) is 11.0. The zero-order chi connectivity index (χ0) is 14.0. The summed E-state index contributed by atoms with van der Waals surface area (Å²) in [7, 11) is 0. The summed E-state index contributed by atoms with van der Waals surface area (Å²) in [5.41, 5.74) is 6.22. The van der Waals surface area contributed by atoms with E-state index in [-0.39, 0.29) is 23.2 Å². The van der Waals surface area contributed by atoms with E-state index in [1.165, 1.54) is 6.92 Å². The molecule has 0 saturated heterocycles. The number of benzene rings is 1. The van der Waals surface area contributed by atoms with Gasteiger partial charge in [-0.15, -0.1) is 0 Å². The van der Waals surface area contributed by atoms with Crippen LogP contribution in [0, 0.1) is 24.0 Å². The van der Waals surface area contributed by atoms with Crippen LogP contribution in [0.5, 0.6) is 11.6 Å². The van der Waals surface area contributed by atoms with E-state index < -0.39 is 4.92 Å². The van der Waals surface area contributed by atoms with Crippen LogP contribution in [-0.2, 0) is 0 Å². The van der Waals surface area contributed by atoms with E-state index in [1.807, 2.05) is 19.1 Å². The smallest absolute Gasteiger partial charge is 0.352 e. The molecule has 0 aliphatic rings. The van der Waals surface area contributed by atoms with Gasteiger partial charge in [0.15, 0.2) is 0 Å². The summed E-state index contributed by atoms with van der Waals surface area (Å²) in [4.78, 5) is 18.0. The summed E-state index contributed by atoms with van der Waals surface area (Å²) >= 11 is 0. The number of nitrogens with two attached hydrogens (primary N) is 1. The van der Waals surface area contributed by atoms with Crippen LogP contribution in [-0.4, -0.2) is 14.9 Å². The van der Waals surface area contributed by atoms with Crippen molar-refractivity contribution < 1.29 is 9.66 Å². The highest BCUT2D eigenvalue weighted by Crippen LogP contribution is 2.32. The SMILES string of the molecule is Cc1ccccc1Oc1nc(N)nc(C)c1[N+](=O)[O-]. The normalized spacial score (nSPS) is 10.2. The zero-order valence-corrected chi connectivity index (χ0v) is 10.5. The van der Waals surface area contributed by atoms with Gasteiger partial charge in [0.25, 0.3) is 0 Å². The number of nitrogen functional groups attached to an aromatic ring is 1. The first-order chi connectivity index (χ1) is 8.99. The van der Waals surface area contributed by atoms with Gasteiger partial charge in [0.2, 0.25) is 5.95 Å². The molecule has 7 nitrogen and oxygen atoms in total. The Kier molecular flexibility index (Phi) is 3.28. The number of nitro groups is 1. The molecule has 2 N–H and O–H groups in total. The molecule has 0 unspecified atom stereocenters. The maximum Gasteiger partial charge on any atom is 0.352 e. The lowest BCUT2D eigenvalue weighted by atomic mass is 10.2. The minimum atomic E-state index is -0.581. The molecule has 7 heteroatoms. The van der Waals surface area contributed by atoms with E-state index in [0.717, 1.165) is 5.56 Å². The Balaban J connectivity index is 2.51. The molecule has 0 radical (unpaired) electrons. The Morgan fingerprint density at radius 1 is 1.26 bits per heavy atom. The second-order valence-electron chi connectivity index (χ2n) is 3.95. The summed E-state index contributed by atoms with van der Waals surface area (Å²) in [6, 6.07) is 7.15. The third kappa shape index (κ3) is 2.59. The second kappa shape index (κ2) is 4.89. The van der Waals surface area contributed by atoms with Crippen LogP contribution in [0.25, 0.3) is 0 Å². The molecule has 0 saturated carbocycles. The number of aryl methyl sites for hydroxylation is 2. The third-order valence-corrected chi connectivity index (χ3v) is 2.53. The molecule has 0 aliphatic heterocycles. The Bertz CT molecular complexity index is 643. The number of anilines is 1. The molecule has 98 valence electrons.